The van der Waals surface area contributed by atoms with Gasteiger partial charge in [0.1, 0.15) is 0 Å². The summed E-state index contributed by atoms with van der Waals surface area (Å²) in [6.45, 7) is 4.07. The van der Waals surface area contributed by atoms with Crippen LogP contribution in [0.4, 0.5) is 4.79 Å². The Morgan fingerprint density at radius 3 is 3.04 bits per heavy atom. The smallest absolute Gasteiger partial charge is 0.317 e. The highest BCUT2D eigenvalue weighted by molar-refractivity contribution is 5.75. The highest BCUT2D eigenvalue weighted by atomic mass is 16.2. The molecule has 4 heteroatoms. The van der Waals surface area contributed by atoms with Crippen LogP contribution in [0.25, 0.3) is 0 Å². The van der Waals surface area contributed by atoms with Crippen molar-refractivity contribution in [2.45, 2.75) is 37.6 Å². The molecule has 5 atom stereocenters. The summed E-state index contributed by atoms with van der Waals surface area (Å²) < 4.78 is 0. The average molecular weight is 339 g/mol. The van der Waals surface area contributed by atoms with Crippen molar-refractivity contribution in [2.75, 3.05) is 33.2 Å². The van der Waals surface area contributed by atoms with Gasteiger partial charge >= 0.3 is 6.03 Å². The molecule has 1 N–H and O–H groups in total. The molecule has 0 bridgehead atoms. The van der Waals surface area contributed by atoms with Gasteiger partial charge < -0.3 is 15.1 Å². The number of hydrogen-bond donors (Lipinski definition) is 1. The summed E-state index contributed by atoms with van der Waals surface area (Å²) in [4.78, 5) is 17.4. The van der Waals surface area contributed by atoms with Crippen LogP contribution in [-0.4, -0.2) is 55.1 Å². The number of likely N-dealkylation sites (tertiary alicyclic amines) is 2. The lowest BCUT2D eigenvalue weighted by atomic mass is 9.84. The minimum atomic E-state index is 0.192. The number of hydrogen-bond acceptors (Lipinski definition) is 2. The minimum absolute atomic E-state index is 0.192. The first-order valence-corrected chi connectivity index (χ1v) is 10.0. The molecule has 134 valence electrons. The lowest BCUT2D eigenvalue weighted by molar-refractivity contribution is 0.0533. The van der Waals surface area contributed by atoms with Gasteiger partial charge in [0.25, 0.3) is 0 Å². The fourth-order valence-corrected chi connectivity index (χ4v) is 5.91. The molecule has 2 aliphatic carbocycles. The van der Waals surface area contributed by atoms with Crippen molar-refractivity contribution in [3.63, 3.8) is 0 Å². The first-order valence-electron chi connectivity index (χ1n) is 10.0. The monoisotopic (exact) mass is 339 g/mol. The number of nitrogens with zero attached hydrogens (tertiary/aromatic N) is 2. The molecule has 2 heterocycles. The first-order chi connectivity index (χ1) is 12.2. The molecule has 1 saturated carbocycles. The van der Waals surface area contributed by atoms with Crippen LogP contribution >= 0.6 is 0 Å². The third-order valence-electron chi connectivity index (χ3n) is 7.22. The Balaban J connectivity index is 1.18. The van der Waals surface area contributed by atoms with E-state index in [9.17, 15) is 4.79 Å². The van der Waals surface area contributed by atoms with E-state index in [1.54, 1.807) is 5.56 Å². The van der Waals surface area contributed by atoms with Gasteiger partial charge in [0.15, 0.2) is 0 Å². The van der Waals surface area contributed by atoms with Gasteiger partial charge in [0.2, 0.25) is 0 Å². The fraction of sp³-hybridized carbons (Fsp3) is 0.667. The Bertz CT molecular complexity index is 675. The molecule has 0 radical (unpaired) electrons. The summed E-state index contributed by atoms with van der Waals surface area (Å²) in [5, 5.41) is 3.29. The summed E-state index contributed by atoms with van der Waals surface area (Å²) in [5.41, 5.74) is 3.07. The molecule has 25 heavy (non-hydrogen) atoms. The van der Waals surface area contributed by atoms with Crippen molar-refractivity contribution < 1.29 is 4.79 Å². The van der Waals surface area contributed by atoms with Crippen molar-refractivity contribution in [3.05, 3.63) is 35.4 Å². The van der Waals surface area contributed by atoms with E-state index in [4.69, 9.17) is 0 Å². The van der Waals surface area contributed by atoms with Gasteiger partial charge in [-0.1, -0.05) is 24.3 Å². The topological polar surface area (TPSA) is 35.6 Å². The molecule has 2 amide bonds. The van der Waals surface area contributed by atoms with Crippen LogP contribution in [0.3, 0.4) is 0 Å². The summed E-state index contributed by atoms with van der Waals surface area (Å²) in [7, 11) is 2.21. The molecule has 1 aromatic carbocycles. The lowest BCUT2D eigenvalue weighted by Gasteiger charge is -2.46. The molecule has 2 aliphatic heterocycles. The number of carbonyl (C=O) groups is 1. The standard InChI is InChI=1S/C21H29N3O/c1-23-10-8-19-15(13-23)6-4-9-24(19)21(25)22-12-18-17-11-14-5-2-3-7-16(14)20(17)18/h2-3,5,7,15,17-20H,4,6,8-13H2,1H3,(H,22,25)/t15-,17+,18-,19-,20+/m1/s1. The Kier molecular flexibility index (Phi) is 3.77. The highest BCUT2D eigenvalue weighted by Crippen LogP contribution is 2.60. The van der Waals surface area contributed by atoms with Crippen LogP contribution in [-0.2, 0) is 6.42 Å². The third-order valence-corrected chi connectivity index (χ3v) is 7.22. The Labute approximate surface area is 150 Å². The molecule has 2 saturated heterocycles. The van der Waals surface area contributed by atoms with E-state index in [0.29, 0.717) is 23.8 Å². The second-order valence-corrected chi connectivity index (χ2v) is 8.66. The molecule has 5 rings (SSSR count). The molecule has 0 aromatic heterocycles. The van der Waals surface area contributed by atoms with Crippen LogP contribution in [0.1, 0.15) is 36.3 Å². The molecule has 4 aliphatic rings. The number of fused-ring (bicyclic) bond motifs is 4. The molecule has 1 aromatic rings. The van der Waals surface area contributed by atoms with Crippen molar-refractivity contribution >= 4 is 6.03 Å². The molecule has 4 nitrogen and oxygen atoms in total. The Morgan fingerprint density at radius 1 is 1.24 bits per heavy atom. The zero-order chi connectivity index (χ0) is 17.0. The molecule has 0 spiro atoms. The van der Waals surface area contributed by atoms with E-state index in [-0.39, 0.29) is 6.03 Å². The van der Waals surface area contributed by atoms with Crippen LogP contribution < -0.4 is 5.32 Å². The molecular formula is C21H29N3O. The van der Waals surface area contributed by atoms with Gasteiger partial charge in [-0.2, -0.15) is 0 Å². The summed E-state index contributed by atoms with van der Waals surface area (Å²) in [5.74, 6) is 2.81. The van der Waals surface area contributed by atoms with E-state index < -0.39 is 0 Å². The van der Waals surface area contributed by atoms with Crippen molar-refractivity contribution in [3.8, 4) is 0 Å². The zero-order valence-electron chi connectivity index (χ0n) is 15.2. The van der Waals surface area contributed by atoms with E-state index in [1.807, 2.05) is 0 Å². The first kappa shape index (κ1) is 15.7. The minimum Gasteiger partial charge on any atom is -0.338 e. The van der Waals surface area contributed by atoms with Crippen LogP contribution in [0, 0.1) is 17.8 Å². The normalized spacial score (nSPS) is 36.4. The summed E-state index contributed by atoms with van der Waals surface area (Å²) in [6, 6.07) is 9.51. The number of rotatable bonds is 2. The average Bonchev–Trinajstić information content (AvgIpc) is 3.17. The van der Waals surface area contributed by atoms with Crippen molar-refractivity contribution in [2.24, 2.45) is 17.8 Å². The Hall–Kier alpha value is -1.55. The summed E-state index contributed by atoms with van der Waals surface area (Å²) >= 11 is 0. The van der Waals surface area contributed by atoms with E-state index in [1.165, 1.54) is 18.4 Å². The Morgan fingerprint density at radius 2 is 2.12 bits per heavy atom. The maximum Gasteiger partial charge on any atom is 0.317 e. The van der Waals surface area contributed by atoms with E-state index in [2.05, 4.69) is 46.4 Å². The number of piperidine rings is 2. The van der Waals surface area contributed by atoms with E-state index >= 15 is 0 Å². The number of carbonyl (C=O) groups excluding carboxylic acids is 1. The SMILES string of the molecule is CN1CC[C@@H]2[C@H](CCCN2C(=O)NC[C@@H]2[C@@H]3Cc4ccccc4[C@H]23)C1. The van der Waals surface area contributed by atoms with Gasteiger partial charge in [0, 0.05) is 25.7 Å². The third kappa shape index (κ3) is 2.66. The van der Waals surface area contributed by atoms with Crippen LogP contribution in [0.2, 0.25) is 0 Å². The number of benzene rings is 1. The van der Waals surface area contributed by atoms with Gasteiger partial charge in [-0.05, 0) is 74.1 Å². The predicted octanol–water partition coefficient (Wildman–Crippen LogP) is 2.70. The largest absolute Gasteiger partial charge is 0.338 e. The quantitative estimate of drug-likeness (QED) is 0.899. The maximum atomic E-state index is 12.8. The molecular weight excluding hydrogens is 310 g/mol. The molecule has 0 unspecified atom stereocenters. The predicted molar refractivity (Wildman–Crippen MR) is 98.6 cm³/mol. The lowest BCUT2D eigenvalue weighted by Crippen LogP contribution is -2.57. The summed E-state index contributed by atoms with van der Waals surface area (Å²) in [6.07, 6.45) is 4.78. The van der Waals surface area contributed by atoms with Gasteiger partial charge in [-0.25, -0.2) is 4.79 Å². The number of nitrogens with one attached hydrogen (secondary N) is 1. The van der Waals surface area contributed by atoms with E-state index in [0.717, 1.165) is 44.9 Å². The highest BCUT2D eigenvalue weighted by Gasteiger charge is 2.55. The second kappa shape index (κ2) is 6.01. The maximum absolute atomic E-state index is 12.8. The molecule has 3 fully saturated rings. The second-order valence-electron chi connectivity index (χ2n) is 8.66. The van der Waals surface area contributed by atoms with Crippen molar-refractivity contribution in [1.82, 2.24) is 15.1 Å². The van der Waals surface area contributed by atoms with Gasteiger partial charge in [0.05, 0.1) is 0 Å². The number of urea groups is 1. The zero-order valence-corrected chi connectivity index (χ0v) is 15.2. The van der Waals surface area contributed by atoms with Crippen LogP contribution in [0.5, 0.6) is 0 Å². The van der Waals surface area contributed by atoms with Gasteiger partial charge in [-0.3, -0.25) is 0 Å². The van der Waals surface area contributed by atoms with Crippen molar-refractivity contribution in [1.29, 1.82) is 0 Å². The number of amides is 2. The fourth-order valence-electron chi connectivity index (χ4n) is 5.91. The van der Waals surface area contributed by atoms with Gasteiger partial charge in [-0.15, -0.1) is 0 Å². The van der Waals surface area contributed by atoms with Crippen LogP contribution in [0.15, 0.2) is 24.3 Å².